The number of hydrogen-bond acceptors (Lipinski definition) is 7. The molecule has 0 bridgehead atoms. The van der Waals surface area contributed by atoms with Crippen LogP contribution in [0.1, 0.15) is 0 Å². The molecule has 0 saturated carbocycles. The number of pyridine rings is 1. The highest BCUT2D eigenvalue weighted by Crippen LogP contribution is 2.28. The molecule has 0 aliphatic rings. The maximum absolute atomic E-state index is 12.5. The molecule has 0 aliphatic carbocycles. The Balaban J connectivity index is 1.44. The van der Waals surface area contributed by atoms with Crippen molar-refractivity contribution in [2.24, 2.45) is 0 Å². The lowest BCUT2D eigenvalue weighted by Crippen LogP contribution is -2.11. The highest BCUT2D eigenvalue weighted by atomic mass is 35.5. The van der Waals surface area contributed by atoms with Gasteiger partial charge in [0.15, 0.2) is 5.65 Å². The smallest absolute Gasteiger partial charge is 0.271 e. The fraction of sp³-hybridized carbons (Fsp3) is 0. The number of hydrogen-bond donors (Lipinski definition) is 1. The van der Waals surface area contributed by atoms with E-state index in [2.05, 4.69) is 25.0 Å². The first-order valence-electron chi connectivity index (χ1n) is 9.02. The molecule has 0 aliphatic heterocycles. The molecule has 0 unspecified atom stereocenters. The van der Waals surface area contributed by atoms with Crippen LogP contribution in [0.3, 0.4) is 0 Å². The quantitative estimate of drug-likeness (QED) is 0.411. The van der Waals surface area contributed by atoms with Crippen LogP contribution < -0.4 is 4.72 Å². The Morgan fingerprint density at radius 1 is 0.903 bits per heavy atom. The molecule has 5 rings (SSSR count). The summed E-state index contributed by atoms with van der Waals surface area (Å²) in [6.07, 6.45) is 1.68. The normalized spacial score (nSPS) is 11.6. The summed E-state index contributed by atoms with van der Waals surface area (Å²) in [5.74, 6) is 0.538. The van der Waals surface area contributed by atoms with Gasteiger partial charge in [0, 0.05) is 17.4 Å². The first-order valence-corrected chi connectivity index (χ1v) is 11.7. The highest BCUT2D eigenvalue weighted by molar-refractivity contribution is 7.94. The summed E-state index contributed by atoms with van der Waals surface area (Å²) in [7, 11) is -3.69. The summed E-state index contributed by atoms with van der Waals surface area (Å²) >= 11 is 6.85. The first-order chi connectivity index (χ1) is 15.0. The molecule has 0 fully saturated rings. The lowest BCUT2D eigenvalue weighted by atomic mass is 10.1. The molecule has 0 saturated heterocycles. The van der Waals surface area contributed by atoms with Gasteiger partial charge in [-0.05, 0) is 48.5 Å². The number of thiophene rings is 1. The second-order valence-electron chi connectivity index (χ2n) is 6.47. The molecule has 8 nitrogen and oxygen atoms in total. The lowest BCUT2D eigenvalue weighted by Gasteiger charge is -2.08. The molecule has 0 radical (unpaired) electrons. The van der Waals surface area contributed by atoms with Crippen LogP contribution in [-0.2, 0) is 10.0 Å². The van der Waals surface area contributed by atoms with Crippen LogP contribution in [0.25, 0.3) is 28.4 Å². The molecule has 0 atom stereocenters. The van der Waals surface area contributed by atoms with Gasteiger partial charge >= 0.3 is 0 Å². The predicted molar refractivity (Wildman–Crippen MR) is 120 cm³/mol. The van der Waals surface area contributed by atoms with E-state index in [9.17, 15) is 8.42 Å². The van der Waals surface area contributed by atoms with Gasteiger partial charge in [-0.2, -0.15) is 9.61 Å². The van der Waals surface area contributed by atoms with Crippen LogP contribution >= 0.6 is 22.9 Å². The maximum atomic E-state index is 12.5. The Morgan fingerprint density at radius 2 is 1.74 bits per heavy atom. The molecular weight excluding hydrogens is 456 g/mol. The third-order valence-corrected chi connectivity index (χ3v) is 7.51. The van der Waals surface area contributed by atoms with Crippen molar-refractivity contribution in [2.75, 3.05) is 4.72 Å². The number of fused-ring (bicyclic) bond motifs is 1. The van der Waals surface area contributed by atoms with E-state index in [1.165, 1.54) is 6.07 Å². The van der Waals surface area contributed by atoms with Gasteiger partial charge in [-0.3, -0.25) is 9.71 Å². The van der Waals surface area contributed by atoms with E-state index in [1.807, 2.05) is 30.3 Å². The number of rotatable bonds is 5. The van der Waals surface area contributed by atoms with Gasteiger partial charge in [-0.1, -0.05) is 29.8 Å². The molecule has 0 spiro atoms. The Bertz CT molecular complexity index is 1480. The zero-order chi connectivity index (χ0) is 21.4. The highest BCUT2D eigenvalue weighted by Gasteiger charge is 2.17. The number of nitrogens with one attached hydrogen (secondary N) is 1. The number of halogens is 1. The van der Waals surface area contributed by atoms with Gasteiger partial charge in [0.1, 0.15) is 9.90 Å². The molecular formula is C20H13ClN6O2S2. The topological polar surface area (TPSA) is 102 Å². The van der Waals surface area contributed by atoms with Gasteiger partial charge in [-0.15, -0.1) is 21.5 Å². The van der Waals surface area contributed by atoms with Crippen LogP contribution in [0.15, 0.2) is 77.1 Å². The summed E-state index contributed by atoms with van der Waals surface area (Å²) in [5, 5.41) is 13.0. The van der Waals surface area contributed by atoms with E-state index in [1.54, 1.807) is 41.0 Å². The number of aromatic nitrogens is 5. The molecule has 1 N–H and O–H groups in total. The van der Waals surface area contributed by atoms with E-state index in [4.69, 9.17) is 11.6 Å². The second kappa shape index (κ2) is 7.73. The third kappa shape index (κ3) is 3.88. The van der Waals surface area contributed by atoms with Crippen LogP contribution in [-0.4, -0.2) is 33.2 Å². The number of nitrogens with zero attached hydrogens (tertiary/aromatic N) is 5. The molecule has 5 aromatic rings. The standard InChI is InChI=1S/C20H13ClN6O2S2/c21-17-9-11-19(30-17)31(28,29)26-14-6-4-13(5-7-14)15-8-10-18-23-24-20(27(18)25-15)16-3-1-2-12-22-16/h1-12,26H. The maximum Gasteiger partial charge on any atom is 0.271 e. The van der Waals surface area contributed by atoms with E-state index in [0.717, 1.165) is 16.9 Å². The molecule has 1 aromatic carbocycles. The molecule has 11 heteroatoms. The van der Waals surface area contributed by atoms with Gasteiger partial charge in [-0.25, -0.2) is 8.42 Å². The van der Waals surface area contributed by atoms with Crippen molar-refractivity contribution in [1.29, 1.82) is 0 Å². The van der Waals surface area contributed by atoms with Crippen molar-refractivity contribution in [3.8, 4) is 22.8 Å². The Hall–Kier alpha value is -3.34. The minimum Gasteiger partial charge on any atom is -0.279 e. The van der Waals surface area contributed by atoms with Crippen LogP contribution in [0.5, 0.6) is 0 Å². The first kappa shape index (κ1) is 19.6. The van der Waals surface area contributed by atoms with Gasteiger partial charge < -0.3 is 0 Å². The molecule has 31 heavy (non-hydrogen) atoms. The average molecular weight is 469 g/mol. The summed E-state index contributed by atoms with van der Waals surface area (Å²) in [6, 6.07) is 19.2. The zero-order valence-corrected chi connectivity index (χ0v) is 18.1. The van der Waals surface area contributed by atoms with Crippen molar-refractivity contribution in [3.63, 3.8) is 0 Å². The zero-order valence-electron chi connectivity index (χ0n) is 15.7. The average Bonchev–Trinajstić information content (AvgIpc) is 3.41. The van der Waals surface area contributed by atoms with Crippen LogP contribution in [0.4, 0.5) is 5.69 Å². The van der Waals surface area contributed by atoms with Crippen molar-refractivity contribution in [3.05, 3.63) is 77.3 Å². The SMILES string of the molecule is O=S(=O)(Nc1ccc(-c2ccc3nnc(-c4ccccn4)n3n2)cc1)c1ccc(Cl)s1. The lowest BCUT2D eigenvalue weighted by molar-refractivity contribution is 0.603. The second-order valence-corrected chi connectivity index (χ2v) is 10.1. The van der Waals surface area contributed by atoms with E-state index < -0.39 is 10.0 Å². The Morgan fingerprint density at radius 3 is 2.45 bits per heavy atom. The van der Waals surface area contributed by atoms with Gasteiger partial charge in [0.05, 0.1) is 10.0 Å². The van der Waals surface area contributed by atoms with Crippen molar-refractivity contribution < 1.29 is 8.42 Å². The minimum atomic E-state index is -3.69. The molecule has 4 aromatic heterocycles. The van der Waals surface area contributed by atoms with E-state index >= 15 is 0 Å². The van der Waals surface area contributed by atoms with Crippen molar-refractivity contribution in [2.45, 2.75) is 4.21 Å². The largest absolute Gasteiger partial charge is 0.279 e. The number of anilines is 1. The monoisotopic (exact) mass is 468 g/mol. The van der Waals surface area contributed by atoms with Crippen LogP contribution in [0.2, 0.25) is 4.34 Å². The fourth-order valence-corrected chi connectivity index (χ4v) is 5.50. The molecule has 4 heterocycles. The summed E-state index contributed by atoms with van der Waals surface area (Å²) in [6.45, 7) is 0. The predicted octanol–water partition coefficient (Wildman–Crippen LogP) is 4.37. The Labute approximate surface area is 186 Å². The van der Waals surface area contributed by atoms with Crippen molar-refractivity contribution >= 4 is 44.3 Å². The van der Waals surface area contributed by atoms with Crippen LogP contribution in [0, 0.1) is 0 Å². The minimum absolute atomic E-state index is 0.156. The number of benzene rings is 1. The molecule has 0 amide bonds. The van der Waals surface area contributed by atoms with Crippen molar-refractivity contribution in [1.82, 2.24) is 24.8 Å². The third-order valence-electron chi connectivity index (χ3n) is 4.40. The fourth-order valence-electron chi connectivity index (χ4n) is 2.95. The number of sulfonamides is 1. The summed E-state index contributed by atoms with van der Waals surface area (Å²) < 4.78 is 29.7. The molecule has 154 valence electrons. The van der Waals surface area contributed by atoms with E-state index in [0.29, 0.717) is 32.9 Å². The Kier molecular flexibility index (Phi) is 4.89. The summed E-state index contributed by atoms with van der Waals surface area (Å²) in [5.41, 5.74) is 3.20. The van der Waals surface area contributed by atoms with Gasteiger partial charge in [0.25, 0.3) is 10.0 Å². The van der Waals surface area contributed by atoms with E-state index in [-0.39, 0.29) is 4.21 Å². The van der Waals surface area contributed by atoms with Gasteiger partial charge in [0.2, 0.25) is 5.82 Å². The summed E-state index contributed by atoms with van der Waals surface area (Å²) in [4.78, 5) is 4.31.